The second kappa shape index (κ2) is 4.76. The van der Waals surface area contributed by atoms with Crippen LogP contribution in [0.4, 0.5) is 4.39 Å². The predicted molar refractivity (Wildman–Crippen MR) is 58.5 cm³/mol. The van der Waals surface area contributed by atoms with Crippen LogP contribution < -0.4 is 5.73 Å². The van der Waals surface area contributed by atoms with Crippen molar-refractivity contribution in [1.82, 2.24) is 4.98 Å². The minimum atomic E-state index is -0.556. The molecule has 1 rings (SSSR count). The number of nitrogens with two attached hydrogens (primary N) is 1. The normalized spacial score (nSPS) is 13.1. The van der Waals surface area contributed by atoms with E-state index in [1.165, 1.54) is 11.5 Å². The molecule has 0 bridgehead atoms. The molecule has 3 nitrogen and oxygen atoms in total. The number of hydrogen-bond acceptors (Lipinski definition) is 3. The van der Waals surface area contributed by atoms with Crippen molar-refractivity contribution in [2.75, 3.05) is 0 Å². The Kier molecular flexibility index (Phi) is 3.64. The highest BCUT2D eigenvalue weighted by Crippen LogP contribution is 2.14. The number of amidine groups is 1. The van der Waals surface area contributed by atoms with Crippen LogP contribution in [0.2, 0.25) is 0 Å². The van der Waals surface area contributed by atoms with Crippen LogP contribution in [0.3, 0.4) is 0 Å². The SMILES string of the molecule is C/C(N)=N\C(=C/S)c1cccc(F)n1. The maximum Gasteiger partial charge on any atom is 0.213 e. The van der Waals surface area contributed by atoms with Crippen LogP contribution >= 0.6 is 12.6 Å². The van der Waals surface area contributed by atoms with Gasteiger partial charge >= 0.3 is 0 Å². The predicted octanol–water partition coefficient (Wildman–Crippen LogP) is 1.83. The van der Waals surface area contributed by atoms with E-state index in [1.807, 2.05) is 0 Å². The van der Waals surface area contributed by atoms with Crippen molar-refractivity contribution in [3.63, 3.8) is 0 Å². The van der Waals surface area contributed by atoms with Gasteiger partial charge in [-0.1, -0.05) is 6.07 Å². The van der Waals surface area contributed by atoms with Gasteiger partial charge in [0.25, 0.3) is 0 Å². The van der Waals surface area contributed by atoms with Crippen LogP contribution in [-0.2, 0) is 0 Å². The van der Waals surface area contributed by atoms with Crippen LogP contribution in [0, 0.1) is 5.95 Å². The molecule has 0 fully saturated rings. The average molecular weight is 211 g/mol. The molecule has 0 radical (unpaired) electrons. The average Bonchev–Trinajstić information content (AvgIpc) is 2.14. The first-order chi connectivity index (χ1) is 6.63. The molecule has 2 N–H and O–H groups in total. The van der Waals surface area contributed by atoms with Crippen molar-refractivity contribution in [1.29, 1.82) is 0 Å². The van der Waals surface area contributed by atoms with Crippen LogP contribution in [0.25, 0.3) is 5.70 Å². The Labute approximate surface area is 87.0 Å². The van der Waals surface area contributed by atoms with Gasteiger partial charge in [0.05, 0.1) is 17.2 Å². The van der Waals surface area contributed by atoms with E-state index in [1.54, 1.807) is 19.1 Å². The van der Waals surface area contributed by atoms with Crippen molar-refractivity contribution in [3.05, 3.63) is 35.2 Å². The van der Waals surface area contributed by atoms with Gasteiger partial charge in [0, 0.05) is 0 Å². The highest BCUT2D eigenvalue weighted by Gasteiger charge is 2.02. The van der Waals surface area contributed by atoms with Crippen LogP contribution in [-0.4, -0.2) is 10.8 Å². The van der Waals surface area contributed by atoms with E-state index in [-0.39, 0.29) is 0 Å². The van der Waals surface area contributed by atoms with Gasteiger partial charge < -0.3 is 5.73 Å². The van der Waals surface area contributed by atoms with Gasteiger partial charge in [-0.3, -0.25) is 0 Å². The maximum absolute atomic E-state index is 12.8. The fourth-order valence-corrected chi connectivity index (χ4v) is 1.08. The number of thiol groups is 1. The first kappa shape index (κ1) is 10.7. The molecular formula is C9H10FN3S. The number of rotatable bonds is 2. The van der Waals surface area contributed by atoms with E-state index in [0.717, 1.165) is 0 Å². The molecule has 0 spiro atoms. The molecule has 1 aromatic heterocycles. The summed E-state index contributed by atoms with van der Waals surface area (Å²) in [5.41, 5.74) is 6.24. The van der Waals surface area contributed by atoms with Gasteiger partial charge in [-0.15, -0.1) is 12.6 Å². The number of nitrogens with zero attached hydrogens (tertiary/aromatic N) is 2. The standard InChI is InChI=1S/C9H10FN3S/c1-6(11)12-8(5-14)7-3-2-4-9(10)13-7/h2-5,14H,1H3,(H2,11,12)/b8-5-. The Hall–Kier alpha value is -1.36. The maximum atomic E-state index is 12.8. The molecule has 0 aliphatic rings. The molecule has 0 aliphatic carbocycles. The van der Waals surface area contributed by atoms with Gasteiger partial charge in [-0.25, -0.2) is 9.98 Å². The Morgan fingerprint density at radius 3 is 2.86 bits per heavy atom. The Balaban J connectivity index is 3.09. The smallest absolute Gasteiger partial charge is 0.213 e. The molecule has 0 aliphatic heterocycles. The summed E-state index contributed by atoms with van der Waals surface area (Å²) in [6.07, 6.45) is 0. The molecule has 0 saturated heterocycles. The summed E-state index contributed by atoms with van der Waals surface area (Å²) in [5, 5.41) is 1.43. The Morgan fingerprint density at radius 1 is 1.64 bits per heavy atom. The number of hydrogen-bond donors (Lipinski definition) is 2. The number of aliphatic imine (C=N–C) groups is 1. The zero-order chi connectivity index (χ0) is 10.6. The van der Waals surface area contributed by atoms with Crippen molar-refractivity contribution < 1.29 is 4.39 Å². The van der Waals surface area contributed by atoms with Gasteiger partial charge in [0.2, 0.25) is 5.95 Å². The molecule has 74 valence electrons. The van der Waals surface area contributed by atoms with E-state index >= 15 is 0 Å². The summed E-state index contributed by atoms with van der Waals surface area (Å²) in [7, 11) is 0. The lowest BCUT2D eigenvalue weighted by Crippen LogP contribution is -2.05. The fourth-order valence-electron chi connectivity index (χ4n) is 0.893. The lowest BCUT2D eigenvalue weighted by Gasteiger charge is -2.00. The van der Waals surface area contributed by atoms with Crippen LogP contribution in [0.5, 0.6) is 0 Å². The first-order valence-corrected chi connectivity index (χ1v) is 4.43. The lowest BCUT2D eigenvalue weighted by molar-refractivity contribution is 0.582. The van der Waals surface area contributed by atoms with E-state index in [0.29, 0.717) is 17.2 Å². The first-order valence-electron chi connectivity index (χ1n) is 3.91. The van der Waals surface area contributed by atoms with Crippen molar-refractivity contribution in [2.45, 2.75) is 6.92 Å². The number of pyridine rings is 1. The van der Waals surface area contributed by atoms with Gasteiger partial charge in [0.1, 0.15) is 0 Å². The minimum Gasteiger partial charge on any atom is -0.387 e. The molecule has 1 aromatic rings. The van der Waals surface area contributed by atoms with Crippen molar-refractivity contribution in [2.24, 2.45) is 10.7 Å². The highest BCUT2D eigenvalue weighted by molar-refractivity contribution is 7.83. The van der Waals surface area contributed by atoms with Crippen LogP contribution in [0.15, 0.2) is 28.6 Å². The van der Waals surface area contributed by atoms with Gasteiger partial charge in [-0.05, 0) is 24.5 Å². The summed E-state index contributed by atoms with van der Waals surface area (Å²) < 4.78 is 12.8. The molecule has 0 saturated carbocycles. The molecule has 0 unspecified atom stereocenters. The zero-order valence-electron chi connectivity index (χ0n) is 7.61. The van der Waals surface area contributed by atoms with Crippen molar-refractivity contribution >= 4 is 24.2 Å². The summed E-state index contributed by atoms with van der Waals surface area (Å²) >= 11 is 3.95. The summed E-state index contributed by atoms with van der Waals surface area (Å²) in [6, 6.07) is 4.45. The molecule has 0 atom stereocenters. The van der Waals surface area contributed by atoms with Crippen LogP contribution in [0.1, 0.15) is 12.6 Å². The summed E-state index contributed by atoms with van der Waals surface area (Å²) in [4.78, 5) is 7.61. The summed E-state index contributed by atoms with van der Waals surface area (Å²) in [5.74, 6) is -0.184. The van der Waals surface area contributed by atoms with Gasteiger partial charge in [0.15, 0.2) is 0 Å². The summed E-state index contributed by atoms with van der Waals surface area (Å²) in [6.45, 7) is 1.64. The quantitative estimate of drug-likeness (QED) is 0.339. The second-order valence-electron chi connectivity index (χ2n) is 2.61. The molecule has 14 heavy (non-hydrogen) atoms. The largest absolute Gasteiger partial charge is 0.387 e. The molecule has 0 aromatic carbocycles. The molecule has 0 amide bonds. The third-order valence-electron chi connectivity index (χ3n) is 1.40. The molecular weight excluding hydrogens is 201 g/mol. The molecule has 5 heteroatoms. The number of aromatic nitrogens is 1. The minimum absolute atomic E-state index is 0.372. The molecule has 1 heterocycles. The third kappa shape index (κ3) is 2.85. The van der Waals surface area contributed by atoms with Gasteiger partial charge in [-0.2, -0.15) is 4.39 Å². The van der Waals surface area contributed by atoms with E-state index in [4.69, 9.17) is 5.73 Å². The Morgan fingerprint density at radius 2 is 2.36 bits per heavy atom. The van der Waals surface area contributed by atoms with E-state index in [9.17, 15) is 4.39 Å². The number of halogens is 1. The zero-order valence-corrected chi connectivity index (χ0v) is 8.50. The van der Waals surface area contributed by atoms with E-state index < -0.39 is 5.95 Å². The Bertz CT molecular complexity index is 383. The second-order valence-corrected chi connectivity index (χ2v) is 2.87. The fraction of sp³-hybridized carbons (Fsp3) is 0.111. The van der Waals surface area contributed by atoms with E-state index in [2.05, 4.69) is 22.6 Å². The highest BCUT2D eigenvalue weighted by atomic mass is 32.1. The topological polar surface area (TPSA) is 51.3 Å². The van der Waals surface area contributed by atoms with Crippen molar-refractivity contribution in [3.8, 4) is 0 Å². The third-order valence-corrected chi connectivity index (χ3v) is 1.64. The lowest BCUT2D eigenvalue weighted by atomic mass is 10.3. The monoisotopic (exact) mass is 211 g/mol.